The highest BCUT2D eigenvalue weighted by atomic mass is 32.2. The van der Waals surface area contributed by atoms with E-state index in [1.165, 1.54) is 6.08 Å². The van der Waals surface area contributed by atoms with Crippen molar-refractivity contribution in [1.82, 2.24) is 4.90 Å². The highest BCUT2D eigenvalue weighted by Crippen LogP contribution is 2.16. The standard InChI is InChI=1S/C17H25NO3S/c1-6-17(19)18(15(5)12-22(20,21)7-2)11-16-10-13(3)8-9-14(16)4/h6,8-10,15H,1,7,11-12H2,2-5H3. The molecule has 0 saturated carbocycles. The largest absolute Gasteiger partial charge is 0.331 e. The first-order chi connectivity index (χ1) is 10.2. The van der Waals surface area contributed by atoms with Crippen LogP contribution in [0.15, 0.2) is 30.9 Å². The minimum atomic E-state index is -3.14. The van der Waals surface area contributed by atoms with E-state index in [2.05, 4.69) is 6.58 Å². The van der Waals surface area contributed by atoms with E-state index < -0.39 is 15.9 Å². The number of amides is 1. The molecule has 1 atom stereocenters. The van der Waals surface area contributed by atoms with E-state index in [1.54, 1.807) is 18.7 Å². The van der Waals surface area contributed by atoms with Gasteiger partial charge in [-0.25, -0.2) is 8.42 Å². The molecule has 0 spiro atoms. The summed E-state index contributed by atoms with van der Waals surface area (Å²) in [4.78, 5) is 13.7. The lowest BCUT2D eigenvalue weighted by Crippen LogP contribution is -2.41. The topological polar surface area (TPSA) is 54.5 Å². The first-order valence-electron chi connectivity index (χ1n) is 7.39. The molecule has 122 valence electrons. The molecule has 0 saturated heterocycles. The monoisotopic (exact) mass is 323 g/mol. The summed E-state index contributed by atoms with van der Waals surface area (Å²) in [6.45, 7) is 11.3. The summed E-state index contributed by atoms with van der Waals surface area (Å²) in [5.74, 6) is -0.204. The molecular formula is C17H25NO3S. The minimum Gasteiger partial charge on any atom is -0.331 e. The summed E-state index contributed by atoms with van der Waals surface area (Å²) in [5.41, 5.74) is 3.22. The minimum absolute atomic E-state index is 0.0338. The van der Waals surface area contributed by atoms with Crippen molar-refractivity contribution in [3.8, 4) is 0 Å². The third-order valence-electron chi connectivity index (χ3n) is 3.77. The van der Waals surface area contributed by atoms with Crippen LogP contribution in [0.25, 0.3) is 0 Å². The molecule has 0 aromatic heterocycles. The Morgan fingerprint density at radius 3 is 2.55 bits per heavy atom. The number of sulfone groups is 1. The fourth-order valence-electron chi connectivity index (χ4n) is 2.30. The lowest BCUT2D eigenvalue weighted by molar-refractivity contribution is -0.128. The molecule has 0 N–H and O–H groups in total. The Morgan fingerprint density at radius 1 is 1.36 bits per heavy atom. The average Bonchev–Trinajstić information content (AvgIpc) is 2.46. The molecule has 0 bridgehead atoms. The molecule has 0 aliphatic carbocycles. The van der Waals surface area contributed by atoms with Crippen LogP contribution >= 0.6 is 0 Å². The predicted octanol–water partition coefficient (Wildman–Crippen LogP) is 2.64. The number of nitrogens with zero attached hydrogens (tertiary/aromatic N) is 1. The van der Waals surface area contributed by atoms with Gasteiger partial charge in [0, 0.05) is 18.3 Å². The Balaban J connectivity index is 3.06. The maximum absolute atomic E-state index is 12.1. The van der Waals surface area contributed by atoms with Gasteiger partial charge in [0.1, 0.15) is 0 Å². The van der Waals surface area contributed by atoms with Crippen LogP contribution in [-0.2, 0) is 21.2 Å². The molecule has 0 heterocycles. The highest BCUT2D eigenvalue weighted by Gasteiger charge is 2.23. The first-order valence-corrected chi connectivity index (χ1v) is 9.22. The number of hydrogen-bond acceptors (Lipinski definition) is 3. The Hall–Kier alpha value is -1.62. The molecule has 0 aliphatic heterocycles. The summed E-state index contributed by atoms with van der Waals surface area (Å²) in [7, 11) is -3.14. The zero-order valence-electron chi connectivity index (χ0n) is 13.8. The summed E-state index contributed by atoms with van der Waals surface area (Å²) < 4.78 is 23.7. The van der Waals surface area contributed by atoms with Crippen LogP contribution in [0.3, 0.4) is 0 Å². The summed E-state index contributed by atoms with van der Waals surface area (Å²) in [5, 5.41) is 0. The first kappa shape index (κ1) is 18.4. The zero-order chi connectivity index (χ0) is 16.9. The van der Waals surface area contributed by atoms with Crippen molar-refractivity contribution in [1.29, 1.82) is 0 Å². The Morgan fingerprint density at radius 2 is 2.00 bits per heavy atom. The Labute approximate surface area is 133 Å². The summed E-state index contributed by atoms with van der Waals surface area (Å²) in [6, 6.07) is 5.66. The molecule has 5 heteroatoms. The van der Waals surface area contributed by atoms with Crippen LogP contribution < -0.4 is 0 Å². The van der Waals surface area contributed by atoms with Gasteiger partial charge in [0.05, 0.1) is 5.75 Å². The van der Waals surface area contributed by atoms with Gasteiger partial charge in [0.2, 0.25) is 5.91 Å². The van der Waals surface area contributed by atoms with Crippen LogP contribution in [0.2, 0.25) is 0 Å². The molecule has 1 aromatic rings. The van der Waals surface area contributed by atoms with Crippen LogP contribution in [0.4, 0.5) is 0 Å². The smallest absolute Gasteiger partial charge is 0.246 e. The normalized spacial score (nSPS) is 12.7. The van der Waals surface area contributed by atoms with E-state index in [-0.39, 0.29) is 17.4 Å². The SMILES string of the molecule is C=CC(=O)N(Cc1cc(C)ccc1C)C(C)CS(=O)(=O)CC. The van der Waals surface area contributed by atoms with Gasteiger partial charge in [-0.3, -0.25) is 4.79 Å². The second-order valence-electron chi connectivity index (χ2n) is 5.65. The molecule has 0 fully saturated rings. The van der Waals surface area contributed by atoms with Crippen molar-refractivity contribution in [2.45, 2.75) is 40.3 Å². The van der Waals surface area contributed by atoms with E-state index in [9.17, 15) is 13.2 Å². The molecule has 1 amide bonds. The zero-order valence-corrected chi connectivity index (χ0v) is 14.6. The van der Waals surface area contributed by atoms with Gasteiger partial charge < -0.3 is 4.90 Å². The lowest BCUT2D eigenvalue weighted by atomic mass is 10.0. The number of aryl methyl sites for hydroxylation is 2. The molecule has 0 aliphatic rings. The Kier molecular flexibility index (Phi) is 6.35. The quantitative estimate of drug-likeness (QED) is 0.725. The van der Waals surface area contributed by atoms with Crippen LogP contribution in [0.5, 0.6) is 0 Å². The van der Waals surface area contributed by atoms with Gasteiger partial charge >= 0.3 is 0 Å². The van der Waals surface area contributed by atoms with Crippen LogP contribution in [0, 0.1) is 13.8 Å². The van der Waals surface area contributed by atoms with E-state index in [4.69, 9.17) is 0 Å². The van der Waals surface area contributed by atoms with Crippen molar-refractivity contribution in [2.24, 2.45) is 0 Å². The van der Waals surface area contributed by atoms with Gasteiger partial charge in [0.15, 0.2) is 9.84 Å². The van der Waals surface area contributed by atoms with Crippen molar-refractivity contribution in [2.75, 3.05) is 11.5 Å². The second-order valence-corrected chi connectivity index (χ2v) is 8.05. The fourth-order valence-corrected chi connectivity index (χ4v) is 3.45. The van der Waals surface area contributed by atoms with E-state index in [0.29, 0.717) is 6.54 Å². The van der Waals surface area contributed by atoms with Gasteiger partial charge in [-0.2, -0.15) is 0 Å². The Bertz CT molecular complexity index is 650. The van der Waals surface area contributed by atoms with Gasteiger partial charge in [-0.15, -0.1) is 0 Å². The number of carbonyl (C=O) groups is 1. The number of carbonyl (C=O) groups excluding carboxylic acids is 1. The summed E-state index contributed by atoms with van der Waals surface area (Å²) in [6.07, 6.45) is 1.24. The van der Waals surface area contributed by atoms with E-state index in [1.807, 2.05) is 32.0 Å². The molecule has 22 heavy (non-hydrogen) atoms. The van der Waals surface area contributed by atoms with Crippen LogP contribution in [0.1, 0.15) is 30.5 Å². The maximum atomic E-state index is 12.1. The fraction of sp³-hybridized carbons (Fsp3) is 0.471. The predicted molar refractivity (Wildman–Crippen MR) is 90.5 cm³/mol. The van der Waals surface area contributed by atoms with Gasteiger partial charge in [-0.05, 0) is 38.0 Å². The lowest BCUT2D eigenvalue weighted by Gasteiger charge is -2.29. The van der Waals surface area contributed by atoms with Crippen molar-refractivity contribution in [3.63, 3.8) is 0 Å². The number of benzene rings is 1. The van der Waals surface area contributed by atoms with E-state index in [0.717, 1.165) is 16.7 Å². The van der Waals surface area contributed by atoms with Crippen molar-refractivity contribution in [3.05, 3.63) is 47.5 Å². The number of hydrogen-bond donors (Lipinski definition) is 0. The van der Waals surface area contributed by atoms with E-state index >= 15 is 0 Å². The molecule has 1 aromatic carbocycles. The molecule has 1 rings (SSSR count). The average molecular weight is 323 g/mol. The third-order valence-corrected chi connectivity index (χ3v) is 5.64. The maximum Gasteiger partial charge on any atom is 0.246 e. The molecule has 4 nitrogen and oxygen atoms in total. The molecular weight excluding hydrogens is 298 g/mol. The van der Waals surface area contributed by atoms with Crippen LogP contribution in [-0.4, -0.2) is 36.8 Å². The molecule has 1 unspecified atom stereocenters. The van der Waals surface area contributed by atoms with Gasteiger partial charge in [-0.1, -0.05) is 37.3 Å². The summed E-state index contributed by atoms with van der Waals surface area (Å²) >= 11 is 0. The molecule has 0 radical (unpaired) electrons. The highest BCUT2D eigenvalue weighted by molar-refractivity contribution is 7.91. The number of rotatable bonds is 7. The van der Waals surface area contributed by atoms with Crippen molar-refractivity contribution >= 4 is 15.7 Å². The van der Waals surface area contributed by atoms with Gasteiger partial charge in [0.25, 0.3) is 0 Å². The third kappa shape index (κ3) is 4.98. The second kappa shape index (κ2) is 7.58. The van der Waals surface area contributed by atoms with Crippen molar-refractivity contribution < 1.29 is 13.2 Å².